The van der Waals surface area contributed by atoms with Crippen LogP contribution in [-0.4, -0.2) is 33.2 Å². The van der Waals surface area contributed by atoms with Gasteiger partial charge in [-0.05, 0) is 85.0 Å². The summed E-state index contributed by atoms with van der Waals surface area (Å²) in [6.07, 6.45) is 3.49. The fraction of sp³-hybridized carbons (Fsp3) is 0.412. The van der Waals surface area contributed by atoms with E-state index in [4.69, 9.17) is 9.98 Å². The van der Waals surface area contributed by atoms with Crippen molar-refractivity contribution in [3.05, 3.63) is 80.1 Å². The minimum absolute atomic E-state index is 0.0338. The summed E-state index contributed by atoms with van der Waals surface area (Å²) in [6, 6.07) is 15.1. The fourth-order valence-corrected chi connectivity index (χ4v) is 6.13. The molecule has 2 aromatic carbocycles. The van der Waals surface area contributed by atoms with Gasteiger partial charge in [0.1, 0.15) is 11.5 Å². The molecule has 0 spiro atoms. The number of Topliss-reactive ketones (excluding diaryl/α,β-unsaturated/α-hetero) is 2. The Labute approximate surface area is 265 Å². The molecule has 2 aliphatic rings. The molecule has 42 heavy (non-hydrogen) atoms. The topological polar surface area (TPSA) is 99.3 Å². The summed E-state index contributed by atoms with van der Waals surface area (Å²) in [7, 11) is 0. The van der Waals surface area contributed by atoms with E-state index in [0.29, 0.717) is 61.1 Å². The van der Waals surface area contributed by atoms with Crippen molar-refractivity contribution >= 4 is 66.2 Å². The Morgan fingerprint density at radius 2 is 0.976 bits per heavy atom. The van der Waals surface area contributed by atoms with E-state index in [1.165, 1.54) is 0 Å². The van der Waals surface area contributed by atoms with Gasteiger partial charge in [0.05, 0.1) is 33.9 Å². The number of hydrogen-bond acceptors (Lipinski definition) is 6. The molecule has 0 atom stereocenters. The number of nitrogens with zero attached hydrogens (tertiary/aromatic N) is 2. The normalized spacial score (nSPS) is 22.9. The van der Waals surface area contributed by atoms with E-state index < -0.39 is 0 Å². The number of rotatable bonds is 7. The molecular formula is C34H38Br2N2O4. The van der Waals surface area contributed by atoms with Gasteiger partial charge in [0.25, 0.3) is 0 Å². The molecule has 2 N–H and O–H groups in total. The van der Waals surface area contributed by atoms with Crippen molar-refractivity contribution in [3.63, 3.8) is 0 Å². The lowest BCUT2D eigenvalue weighted by molar-refractivity contribution is -0.118. The van der Waals surface area contributed by atoms with E-state index in [1.807, 2.05) is 76.2 Å². The lowest BCUT2D eigenvalue weighted by Gasteiger charge is -2.31. The zero-order valence-corrected chi connectivity index (χ0v) is 27.8. The van der Waals surface area contributed by atoms with Crippen LogP contribution in [0.15, 0.2) is 90.1 Å². The average Bonchev–Trinajstić information content (AvgIpc) is 2.87. The van der Waals surface area contributed by atoms with Crippen LogP contribution in [0.4, 0.5) is 11.4 Å². The number of carbonyl (C=O) groups is 2. The van der Waals surface area contributed by atoms with Crippen LogP contribution in [0.25, 0.3) is 0 Å². The first-order valence-corrected chi connectivity index (χ1v) is 15.9. The molecule has 0 aliphatic heterocycles. The van der Waals surface area contributed by atoms with Gasteiger partial charge < -0.3 is 10.2 Å². The first-order valence-electron chi connectivity index (χ1n) is 14.3. The number of ketones is 2. The summed E-state index contributed by atoms with van der Waals surface area (Å²) in [4.78, 5) is 35.8. The van der Waals surface area contributed by atoms with Gasteiger partial charge in [0, 0.05) is 34.6 Å². The molecule has 0 unspecified atom stereocenters. The van der Waals surface area contributed by atoms with Gasteiger partial charge in [0.2, 0.25) is 0 Å². The highest BCUT2D eigenvalue weighted by Gasteiger charge is 2.37. The highest BCUT2D eigenvalue weighted by Crippen LogP contribution is 2.38. The van der Waals surface area contributed by atoms with Crippen molar-refractivity contribution in [1.29, 1.82) is 0 Å². The van der Waals surface area contributed by atoms with Gasteiger partial charge in [-0.25, -0.2) is 0 Å². The Morgan fingerprint density at radius 1 is 0.643 bits per heavy atom. The number of aliphatic hydroxyl groups is 2. The Hall–Kier alpha value is -2.84. The second-order valence-electron chi connectivity index (χ2n) is 12.8. The van der Waals surface area contributed by atoms with Gasteiger partial charge in [-0.3, -0.25) is 19.6 Å². The Morgan fingerprint density at radius 3 is 1.31 bits per heavy atom. The van der Waals surface area contributed by atoms with Crippen molar-refractivity contribution in [2.45, 2.75) is 79.1 Å². The summed E-state index contributed by atoms with van der Waals surface area (Å²) < 4.78 is 1.88. The Bertz CT molecular complexity index is 1370. The van der Waals surface area contributed by atoms with Crippen LogP contribution in [0.5, 0.6) is 0 Å². The van der Waals surface area contributed by atoms with Crippen molar-refractivity contribution in [2.75, 3.05) is 0 Å². The molecule has 2 saturated carbocycles. The highest BCUT2D eigenvalue weighted by molar-refractivity contribution is 9.10. The number of halogens is 2. The van der Waals surface area contributed by atoms with E-state index in [9.17, 15) is 19.8 Å². The number of aliphatic hydroxyl groups excluding tert-OH is 2. The predicted molar refractivity (Wildman–Crippen MR) is 176 cm³/mol. The van der Waals surface area contributed by atoms with Crippen LogP contribution in [0.2, 0.25) is 0 Å². The molecule has 4 rings (SSSR count). The first-order chi connectivity index (χ1) is 19.7. The van der Waals surface area contributed by atoms with Crippen LogP contribution in [-0.2, 0) is 9.59 Å². The van der Waals surface area contributed by atoms with E-state index in [-0.39, 0.29) is 46.8 Å². The minimum Gasteiger partial charge on any atom is -0.511 e. The molecule has 2 aliphatic carbocycles. The number of allylic oxidation sites excluding steroid dienone is 4. The molecule has 0 heterocycles. The van der Waals surface area contributed by atoms with Gasteiger partial charge >= 0.3 is 0 Å². The maximum atomic E-state index is 13.1. The van der Waals surface area contributed by atoms with Crippen molar-refractivity contribution in [1.82, 2.24) is 0 Å². The van der Waals surface area contributed by atoms with Crippen LogP contribution in [0, 0.1) is 10.8 Å². The summed E-state index contributed by atoms with van der Waals surface area (Å²) in [5.41, 5.74) is 2.79. The standard InChI is InChI=1S/C34H38Br2N2O4/c1-33(2)17-25(37-23-13-9-21(35)10-14-23)31(29(41)19-33)27(39)7-5-6-8-28(40)32-26(18-34(3,4)20-30(32)42)38-24-15-11-22(36)12-16-24/h9-16,39-40H,5-8,17-20H2,1-4H3/b31-27+,32-28+,37-25?,38-26?. The monoisotopic (exact) mass is 696 g/mol. The molecule has 6 nitrogen and oxygen atoms in total. The smallest absolute Gasteiger partial charge is 0.168 e. The summed E-state index contributed by atoms with van der Waals surface area (Å²) in [5, 5.41) is 22.1. The molecule has 0 radical (unpaired) electrons. The molecule has 0 aromatic heterocycles. The molecule has 0 bridgehead atoms. The third-order valence-corrected chi connectivity index (χ3v) is 8.60. The summed E-state index contributed by atoms with van der Waals surface area (Å²) in [5.74, 6) is -0.138. The fourth-order valence-electron chi connectivity index (χ4n) is 5.60. The average molecular weight is 698 g/mol. The predicted octanol–water partition coefficient (Wildman–Crippen LogP) is 10.0. The number of carbonyl (C=O) groups excluding carboxylic acids is 2. The molecular weight excluding hydrogens is 660 g/mol. The van der Waals surface area contributed by atoms with E-state index >= 15 is 0 Å². The quantitative estimate of drug-likeness (QED) is 0.171. The SMILES string of the molecule is CC1(C)CC(=O)/C(=C(/O)CCCC/C(O)=C2\C(=O)CC(C)(C)CC2=Nc2ccc(Br)cc2)C(=Nc2ccc(Br)cc2)C1. The van der Waals surface area contributed by atoms with Crippen LogP contribution >= 0.6 is 31.9 Å². The zero-order valence-electron chi connectivity index (χ0n) is 24.6. The largest absolute Gasteiger partial charge is 0.511 e. The highest BCUT2D eigenvalue weighted by atomic mass is 79.9. The number of unbranched alkanes of at least 4 members (excludes halogenated alkanes) is 1. The lowest BCUT2D eigenvalue weighted by atomic mass is 9.73. The molecule has 2 aromatic rings. The molecule has 8 heteroatoms. The third-order valence-electron chi connectivity index (χ3n) is 7.54. The second kappa shape index (κ2) is 13.2. The van der Waals surface area contributed by atoms with E-state index in [1.54, 1.807) is 0 Å². The maximum Gasteiger partial charge on any atom is 0.168 e. The van der Waals surface area contributed by atoms with Gasteiger partial charge in [-0.15, -0.1) is 0 Å². The third kappa shape index (κ3) is 8.38. The van der Waals surface area contributed by atoms with Gasteiger partial charge in [0.15, 0.2) is 11.6 Å². The van der Waals surface area contributed by atoms with Crippen LogP contribution < -0.4 is 0 Å². The summed E-state index contributed by atoms with van der Waals surface area (Å²) >= 11 is 6.87. The zero-order chi connectivity index (χ0) is 30.7. The second-order valence-corrected chi connectivity index (χ2v) is 14.6. The van der Waals surface area contributed by atoms with Crippen molar-refractivity contribution in [2.24, 2.45) is 20.8 Å². The first kappa shape index (κ1) is 32.1. The number of benzene rings is 2. The van der Waals surface area contributed by atoms with Gasteiger partial charge in [-0.1, -0.05) is 59.6 Å². The lowest BCUT2D eigenvalue weighted by Crippen LogP contribution is -2.32. The van der Waals surface area contributed by atoms with Gasteiger partial charge in [-0.2, -0.15) is 0 Å². The number of aliphatic imine (C=N–C) groups is 2. The Balaban J connectivity index is 1.51. The van der Waals surface area contributed by atoms with E-state index in [0.717, 1.165) is 20.3 Å². The van der Waals surface area contributed by atoms with Crippen LogP contribution in [0.3, 0.4) is 0 Å². The van der Waals surface area contributed by atoms with E-state index in [2.05, 4.69) is 31.9 Å². The van der Waals surface area contributed by atoms with Crippen molar-refractivity contribution in [3.8, 4) is 0 Å². The molecule has 0 saturated heterocycles. The molecule has 222 valence electrons. The van der Waals surface area contributed by atoms with Crippen molar-refractivity contribution < 1.29 is 19.8 Å². The Kier molecular flexibility index (Phi) is 10.1. The van der Waals surface area contributed by atoms with Crippen LogP contribution in [0.1, 0.15) is 79.1 Å². The summed E-state index contributed by atoms with van der Waals surface area (Å²) in [6.45, 7) is 8.14. The molecule has 2 fully saturated rings. The minimum atomic E-state index is -0.246. The molecule has 0 amide bonds. The number of hydrogen-bond donors (Lipinski definition) is 2. The maximum absolute atomic E-state index is 13.1.